The minimum absolute atomic E-state index is 0.516. The molecule has 0 aliphatic carbocycles. The van der Waals surface area contributed by atoms with Crippen molar-refractivity contribution in [2.45, 2.75) is 20.0 Å². The zero-order valence-corrected chi connectivity index (χ0v) is 15.1. The maximum absolute atomic E-state index is 6.17. The molecule has 0 atom stereocenters. The highest BCUT2D eigenvalue weighted by atomic mass is 35.5. The third kappa shape index (κ3) is 2.60. The van der Waals surface area contributed by atoms with Gasteiger partial charge in [-0.1, -0.05) is 23.2 Å². The Hall–Kier alpha value is -1.89. The van der Waals surface area contributed by atoms with E-state index in [1.807, 2.05) is 23.7 Å². The van der Waals surface area contributed by atoms with Crippen molar-refractivity contribution in [2.24, 2.45) is 0 Å². The summed E-state index contributed by atoms with van der Waals surface area (Å²) in [6.07, 6.45) is 5.50. The van der Waals surface area contributed by atoms with Crippen molar-refractivity contribution in [3.63, 3.8) is 0 Å². The molecule has 0 aliphatic heterocycles. The van der Waals surface area contributed by atoms with Crippen LogP contribution in [0.4, 0.5) is 0 Å². The number of imidazole rings is 2. The molecule has 0 amide bonds. The molecule has 8 heteroatoms. The molecule has 3 aromatic heterocycles. The second kappa shape index (κ2) is 6.20. The summed E-state index contributed by atoms with van der Waals surface area (Å²) < 4.78 is 4.19. The lowest BCUT2D eigenvalue weighted by molar-refractivity contribution is 0.667. The molecule has 5 nitrogen and oxygen atoms in total. The summed E-state index contributed by atoms with van der Waals surface area (Å²) in [4.78, 5) is 13.5. The van der Waals surface area contributed by atoms with Gasteiger partial charge in [0.1, 0.15) is 5.82 Å². The van der Waals surface area contributed by atoms with Crippen LogP contribution in [0.1, 0.15) is 12.7 Å². The zero-order chi connectivity index (χ0) is 16.7. The van der Waals surface area contributed by atoms with E-state index in [9.17, 15) is 0 Å². The van der Waals surface area contributed by atoms with E-state index in [4.69, 9.17) is 28.2 Å². The van der Waals surface area contributed by atoms with Crippen molar-refractivity contribution in [2.75, 3.05) is 0 Å². The Bertz CT molecular complexity index is 1000. The van der Waals surface area contributed by atoms with Crippen LogP contribution >= 0.6 is 34.5 Å². The molecule has 3 heterocycles. The molecule has 0 aliphatic rings. The summed E-state index contributed by atoms with van der Waals surface area (Å²) in [6.45, 7) is 3.49. The highest BCUT2D eigenvalue weighted by Gasteiger charge is 2.15. The van der Waals surface area contributed by atoms with Crippen molar-refractivity contribution in [3.05, 3.63) is 52.0 Å². The van der Waals surface area contributed by atoms with Crippen molar-refractivity contribution in [1.82, 2.24) is 24.1 Å². The van der Waals surface area contributed by atoms with Crippen molar-refractivity contribution >= 4 is 45.6 Å². The van der Waals surface area contributed by atoms with Gasteiger partial charge >= 0.3 is 0 Å². The summed E-state index contributed by atoms with van der Waals surface area (Å²) in [5, 5.41) is 3.89. The average molecular weight is 378 g/mol. The SMILES string of the molecule is CCn1c(Cn2ccnc2-c2nccs2)nc2cc(Cl)c(Cl)cc21. The molecular weight excluding hydrogens is 365 g/mol. The third-order valence-electron chi connectivity index (χ3n) is 3.84. The Kier molecular flexibility index (Phi) is 4.04. The van der Waals surface area contributed by atoms with Crippen LogP contribution in [0, 0.1) is 0 Å². The van der Waals surface area contributed by atoms with E-state index in [1.165, 1.54) is 0 Å². The van der Waals surface area contributed by atoms with Crippen LogP contribution < -0.4 is 0 Å². The fourth-order valence-electron chi connectivity index (χ4n) is 2.76. The Labute approximate surface area is 152 Å². The van der Waals surface area contributed by atoms with Crippen LogP contribution in [0.2, 0.25) is 10.0 Å². The average Bonchev–Trinajstić information content (AvgIpc) is 3.27. The van der Waals surface area contributed by atoms with Gasteiger partial charge in [-0.25, -0.2) is 15.0 Å². The second-order valence-corrected chi connectivity index (χ2v) is 6.95. The van der Waals surface area contributed by atoms with Gasteiger partial charge in [0.15, 0.2) is 10.8 Å². The molecular formula is C16H13Cl2N5S. The Morgan fingerprint density at radius 3 is 2.71 bits per heavy atom. The van der Waals surface area contributed by atoms with Crippen LogP contribution in [0.25, 0.3) is 21.9 Å². The van der Waals surface area contributed by atoms with Crippen LogP contribution in [0.5, 0.6) is 0 Å². The first-order chi connectivity index (χ1) is 11.7. The Morgan fingerprint density at radius 2 is 1.96 bits per heavy atom. The quantitative estimate of drug-likeness (QED) is 0.516. The van der Waals surface area contributed by atoms with Gasteiger partial charge in [0.2, 0.25) is 0 Å². The smallest absolute Gasteiger partial charge is 0.169 e. The molecule has 0 N–H and O–H groups in total. The van der Waals surface area contributed by atoms with E-state index in [0.717, 1.165) is 34.2 Å². The molecule has 0 saturated heterocycles. The van der Waals surface area contributed by atoms with Crippen LogP contribution in [-0.2, 0) is 13.1 Å². The first-order valence-electron chi connectivity index (χ1n) is 7.42. The minimum atomic E-state index is 0.516. The summed E-state index contributed by atoms with van der Waals surface area (Å²) >= 11 is 13.9. The number of thiazole rings is 1. The molecule has 1 aromatic carbocycles. The fraction of sp³-hybridized carbons (Fsp3) is 0.188. The number of nitrogens with zero attached hydrogens (tertiary/aromatic N) is 5. The van der Waals surface area contributed by atoms with Crippen LogP contribution in [0.15, 0.2) is 36.1 Å². The highest BCUT2D eigenvalue weighted by molar-refractivity contribution is 7.13. The van der Waals surface area contributed by atoms with E-state index in [0.29, 0.717) is 16.6 Å². The lowest BCUT2D eigenvalue weighted by atomic mass is 10.3. The standard InChI is InChI=1S/C16H13Cl2N5S/c1-2-23-13-8-11(18)10(17)7-12(13)21-14(23)9-22-5-3-19-15(22)16-20-4-6-24-16/h3-8H,2,9H2,1H3. The lowest BCUT2D eigenvalue weighted by Crippen LogP contribution is -2.08. The topological polar surface area (TPSA) is 48.5 Å². The largest absolute Gasteiger partial charge is 0.327 e. The second-order valence-electron chi connectivity index (χ2n) is 5.24. The van der Waals surface area contributed by atoms with Gasteiger partial charge in [0.25, 0.3) is 0 Å². The van der Waals surface area contributed by atoms with Crippen molar-refractivity contribution < 1.29 is 0 Å². The number of aromatic nitrogens is 5. The first kappa shape index (κ1) is 15.6. The summed E-state index contributed by atoms with van der Waals surface area (Å²) in [7, 11) is 0. The fourth-order valence-corrected chi connectivity index (χ4v) is 3.73. The summed E-state index contributed by atoms with van der Waals surface area (Å²) in [6, 6.07) is 3.68. The van der Waals surface area contributed by atoms with Gasteiger partial charge < -0.3 is 9.13 Å². The molecule has 0 saturated carbocycles. The zero-order valence-electron chi connectivity index (χ0n) is 12.8. The minimum Gasteiger partial charge on any atom is -0.327 e. The summed E-state index contributed by atoms with van der Waals surface area (Å²) in [5.41, 5.74) is 1.83. The maximum Gasteiger partial charge on any atom is 0.169 e. The molecule has 0 spiro atoms. The molecule has 0 unspecified atom stereocenters. The van der Waals surface area contributed by atoms with E-state index in [1.54, 1.807) is 23.7 Å². The Balaban J connectivity index is 1.79. The van der Waals surface area contributed by atoms with E-state index in [-0.39, 0.29) is 0 Å². The van der Waals surface area contributed by atoms with Gasteiger partial charge in [-0.05, 0) is 19.1 Å². The number of benzene rings is 1. The number of halogens is 2. The molecule has 24 heavy (non-hydrogen) atoms. The van der Waals surface area contributed by atoms with Gasteiger partial charge in [-0.3, -0.25) is 0 Å². The van der Waals surface area contributed by atoms with Crippen LogP contribution in [0.3, 0.4) is 0 Å². The van der Waals surface area contributed by atoms with Gasteiger partial charge in [0, 0.05) is 30.5 Å². The number of hydrogen-bond acceptors (Lipinski definition) is 4. The maximum atomic E-state index is 6.17. The molecule has 0 radical (unpaired) electrons. The molecule has 4 aromatic rings. The van der Waals surface area contributed by atoms with Gasteiger partial charge in [0.05, 0.1) is 27.6 Å². The number of rotatable bonds is 4. The van der Waals surface area contributed by atoms with Gasteiger partial charge in [-0.15, -0.1) is 11.3 Å². The van der Waals surface area contributed by atoms with Crippen molar-refractivity contribution in [3.8, 4) is 10.8 Å². The first-order valence-corrected chi connectivity index (χ1v) is 9.06. The summed E-state index contributed by atoms with van der Waals surface area (Å²) in [5.74, 6) is 1.78. The van der Waals surface area contributed by atoms with Crippen molar-refractivity contribution in [1.29, 1.82) is 0 Å². The van der Waals surface area contributed by atoms with E-state index in [2.05, 4.69) is 26.0 Å². The predicted octanol–water partition coefficient (Wildman–Crippen LogP) is 4.73. The predicted molar refractivity (Wildman–Crippen MR) is 97.9 cm³/mol. The van der Waals surface area contributed by atoms with E-state index >= 15 is 0 Å². The number of fused-ring (bicyclic) bond motifs is 1. The molecule has 0 bridgehead atoms. The lowest BCUT2D eigenvalue weighted by Gasteiger charge is -2.09. The van der Waals surface area contributed by atoms with E-state index < -0.39 is 0 Å². The highest BCUT2D eigenvalue weighted by Crippen LogP contribution is 2.29. The molecule has 4 rings (SSSR count). The normalized spacial score (nSPS) is 11.5. The number of hydrogen-bond donors (Lipinski definition) is 0. The number of aryl methyl sites for hydroxylation is 1. The van der Waals surface area contributed by atoms with Gasteiger partial charge in [-0.2, -0.15) is 0 Å². The monoisotopic (exact) mass is 377 g/mol. The third-order valence-corrected chi connectivity index (χ3v) is 5.33. The molecule has 0 fully saturated rings. The molecule has 122 valence electrons. The Morgan fingerprint density at radius 1 is 1.12 bits per heavy atom. The van der Waals surface area contributed by atoms with Crippen LogP contribution in [-0.4, -0.2) is 24.1 Å².